The van der Waals surface area contributed by atoms with Crippen LogP contribution in [0.2, 0.25) is 0 Å². The van der Waals surface area contributed by atoms with Crippen LogP contribution in [0.5, 0.6) is 0 Å². The molecule has 35 heavy (non-hydrogen) atoms. The van der Waals surface area contributed by atoms with Crippen LogP contribution in [0.15, 0.2) is 72.8 Å². The van der Waals surface area contributed by atoms with E-state index in [0.29, 0.717) is 17.1 Å². The van der Waals surface area contributed by atoms with E-state index in [1.165, 1.54) is 25.3 Å². The quantitative estimate of drug-likeness (QED) is 0.411. The van der Waals surface area contributed by atoms with Crippen molar-refractivity contribution in [3.05, 3.63) is 83.9 Å². The maximum absolute atomic E-state index is 13.5. The van der Waals surface area contributed by atoms with Crippen molar-refractivity contribution in [1.29, 1.82) is 0 Å². The molecule has 0 saturated heterocycles. The number of nitrogens with zero attached hydrogens (tertiary/aromatic N) is 1. The van der Waals surface area contributed by atoms with E-state index in [4.69, 9.17) is 9.47 Å². The van der Waals surface area contributed by atoms with Gasteiger partial charge in [0.1, 0.15) is 5.60 Å². The number of urea groups is 1. The Hall–Kier alpha value is -4.33. The van der Waals surface area contributed by atoms with E-state index in [-0.39, 0.29) is 11.3 Å². The van der Waals surface area contributed by atoms with Crippen LogP contribution in [0.1, 0.15) is 36.7 Å². The highest BCUT2D eigenvalue weighted by Crippen LogP contribution is 2.30. The van der Waals surface area contributed by atoms with Gasteiger partial charge in [-0.05, 0) is 69.7 Å². The summed E-state index contributed by atoms with van der Waals surface area (Å²) < 4.78 is 10.1. The zero-order chi connectivity index (χ0) is 25.6. The molecule has 0 atom stereocenters. The number of hydrogen-bond acceptors (Lipinski definition) is 5. The highest BCUT2D eigenvalue weighted by molar-refractivity contribution is 6.08. The van der Waals surface area contributed by atoms with Gasteiger partial charge in [-0.3, -0.25) is 10.2 Å². The van der Waals surface area contributed by atoms with Crippen molar-refractivity contribution < 1.29 is 23.9 Å². The molecule has 3 amide bonds. The molecular formula is C27H29N3O5. The smallest absolute Gasteiger partial charge is 0.412 e. The van der Waals surface area contributed by atoms with E-state index in [1.54, 1.807) is 25.7 Å². The molecule has 0 fully saturated rings. The van der Waals surface area contributed by atoms with Gasteiger partial charge in [-0.2, -0.15) is 0 Å². The number of nitrogens with one attached hydrogen (secondary N) is 2. The Morgan fingerprint density at radius 2 is 1.43 bits per heavy atom. The van der Waals surface area contributed by atoms with Crippen LogP contribution in [0.25, 0.3) is 0 Å². The van der Waals surface area contributed by atoms with Gasteiger partial charge in [0.25, 0.3) is 0 Å². The maximum Gasteiger partial charge on any atom is 0.412 e. The lowest BCUT2D eigenvalue weighted by atomic mass is 10.1. The summed E-state index contributed by atoms with van der Waals surface area (Å²) in [4.78, 5) is 39.6. The van der Waals surface area contributed by atoms with Gasteiger partial charge in [-0.15, -0.1) is 0 Å². The van der Waals surface area contributed by atoms with E-state index >= 15 is 0 Å². The lowest BCUT2D eigenvalue weighted by molar-refractivity contribution is 0.0596. The number of rotatable bonds is 5. The van der Waals surface area contributed by atoms with Gasteiger partial charge in [0.15, 0.2) is 0 Å². The Morgan fingerprint density at radius 3 is 2.03 bits per heavy atom. The average molecular weight is 476 g/mol. The highest BCUT2D eigenvalue weighted by atomic mass is 16.6. The second kappa shape index (κ2) is 10.7. The third kappa shape index (κ3) is 6.83. The van der Waals surface area contributed by atoms with Crippen molar-refractivity contribution in [3.63, 3.8) is 0 Å². The number of benzene rings is 3. The minimum absolute atomic E-state index is 0.151. The van der Waals surface area contributed by atoms with Crippen molar-refractivity contribution >= 4 is 40.8 Å². The zero-order valence-electron chi connectivity index (χ0n) is 20.4. The fraction of sp³-hybridized carbons (Fsp3) is 0.222. The monoisotopic (exact) mass is 475 g/mol. The SMILES string of the molecule is COC(=O)c1cc(NC(=O)OC(C)(C)C)cc(NC(=O)N(c2ccccc2)c2ccccc2C)c1. The number of amides is 3. The summed E-state index contributed by atoms with van der Waals surface area (Å²) in [6.45, 7) is 7.14. The predicted octanol–water partition coefficient (Wildman–Crippen LogP) is 6.50. The first kappa shape index (κ1) is 25.3. The number of para-hydroxylation sites is 2. The van der Waals surface area contributed by atoms with Gasteiger partial charge in [0.05, 0.1) is 24.0 Å². The first-order valence-electron chi connectivity index (χ1n) is 11.0. The predicted molar refractivity (Wildman–Crippen MR) is 136 cm³/mol. The Balaban J connectivity index is 1.97. The first-order valence-corrected chi connectivity index (χ1v) is 11.0. The number of hydrogen-bond donors (Lipinski definition) is 2. The minimum Gasteiger partial charge on any atom is -0.465 e. The summed E-state index contributed by atoms with van der Waals surface area (Å²) in [5.41, 5.74) is 2.27. The molecule has 0 saturated carbocycles. The number of aryl methyl sites for hydroxylation is 1. The lowest BCUT2D eigenvalue weighted by Gasteiger charge is -2.25. The highest BCUT2D eigenvalue weighted by Gasteiger charge is 2.22. The van der Waals surface area contributed by atoms with Gasteiger partial charge in [-0.25, -0.2) is 14.4 Å². The van der Waals surface area contributed by atoms with E-state index in [0.717, 1.165) is 5.56 Å². The van der Waals surface area contributed by atoms with Crippen molar-refractivity contribution in [2.45, 2.75) is 33.3 Å². The summed E-state index contributed by atoms with van der Waals surface area (Å²) in [7, 11) is 1.25. The molecule has 2 N–H and O–H groups in total. The third-order valence-corrected chi connectivity index (χ3v) is 4.82. The first-order chi connectivity index (χ1) is 16.6. The lowest BCUT2D eigenvalue weighted by Crippen LogP contribution is -2.31. The molecule has 0 aliphatic carbocycles. The Labute approximate surface area is 204 Å². The molecule has 0 unspecified atom stereocenters. The molecular weight excluding hydrogens is 446 g/mol. The van der Waals surface area contributed by atoms with Crippen LogP contribution >= 0.6 is 0 Å². The summed E-state index contributed by atoms with van der Waals surface area (Å²) in [5.74, 6) is -0.618. The fourth-order valence-corrected chi connectivity index (χ4v) is 3.37. The normalized spacial score (nSPS) is 10.8. The fourth-order valence-electron chi connectivity index (χ4n) is 3.37. The van der Waals surface area contributed by atoms with Crippen molar-refractivity contribution in [2.75, 3.05) is 22.6 Å². The van der Waals surface area contributed by atoms with Crippen LogP contribution in [0.3, 0.4) is 0 Å². The van der Waals surface area contributed by atoms with Gasteiger partial charge in [0.2, 0.25) is 0 Å². The number of ether oxygens (including phenoxy) is 2. The van der Waals surface area contributed by atoms with Crippen molar-refractivity contribution in [1.82, 2.24) is 0 Å². The molecule has 0 heterocycles. The molecule has 3 aromatic carbocycles. The van der Waals surface area contributed by atoms with Crippen LogP contribution < -0.4 is 15.5 Å². The number of carbonyl (C=O) groups excluding carboxylic acids is 3. The van der Waals surface area contributed by atoms with Crippen LogP contribution in [-0.4, -0.2) is 30.8 Å². The van der Waals surface area contributed by atoms with Crippen LogP contribution in [-0.2, 0) is 9.47 Å². The molecule has 0 radical (unpaired) electrons. The van der Waals surface area contributed by atoms with Gasteiger partial charge >= 0.3 is 18.1 Å². The van der Waals surface area contributed by atoms with E-state index in [1.807, 2.05) is 61.5 Å². The summed E-state index contributed by atoms with van der Waals surface area (Å²) in [6.07, 6.45) is -0.692. The van der Waals surface area contributed by atoms with E-state index < -0.39 is 23.7 Å². The minimum atomic E-state index is -0.704. The molecule has 3 rings (SSSR count). The van der Waals surface area contributed by atoms with E-state index in [9.17, 15) is 14.4 Å². The molecule has 0 bridgehead atoms. The molecule has 8 heteroatoms. The number of carbonyl (C=O) groups is 3. The Bertz CT molecular complexity index is 1220. The molecule has 0 aliphatic heterocycles. The average Bonchev–Trinajstić information content (AvgIpc) is 2.79. The molecule has 0 aromatic heterocycles. The van der Waals surface area contributed by atoms with Crippen molar-refractivity contribution in [3.8, 4) is 0 Å². The van der Waals surface area contributed by atoms with Crippen LogP contribution in [0.4, 0.5) is 32.3 Å². The molecule has 3 aromatic rings. The zero-order valence-corrected chi connectivity index (χ0v) is 20.4. The summed E-state index contributed by atoms with van der Waals surface area (Å²) in [6, 6.07) is 20.7. The molecule has 182 valence electrons. The van der Waals surface area contributed by atoms with Gasteiger partial charge in [-0.1, -0.05) is 36.4 Å². The molecule has 0 aliphatic rings. The topological polar surface area (TPSA) is 97.0 Å². The number of methoxy groups -OCH3 is 1. The maximum atomic E-state index is 13.5. The molecule has 0 spiro atoms. The number of anilines is 4. The molecule has 8 nitrogen and oxygen atoms in total. The second-order valence-electron chi connectivity index (χ2n) is 8.81. The Kier molecular flexibility index (Phi) is 7.76. The van der Waals surface area contributed by atoms with Crippen LogP contribution in [0, 0.1) is 6.92 Å². The second-order valence-corrected chi connectivity index (χ2v) is 8.81. The summed E-state index contributed by atoms with van der Waals surface area (Å²) in [5, 5.41) is 5.43. The Morgan fingerprint density at radius 1 is 0.829 bits per heavy atom. The van der Waals surface area contributed by atoms with E-state index in [2.05, 4.69) is 10.6 Å². The standard InChI is InChI=1S/C27H29N3O5/c1-18-11-9-10-14-23(18)30(22-12-7-6-8-13-22)25(32)28-20-15-19(24(31)34-5)16-21(17-20)29-26(33)35-27(2,3)4/h6-17H,1-5H3,(H,28,32)(H,29,33). The number of esters is 1. The van der Waals surface area contributed by atoms with Crippen molar-refractivity contribution in [2.24, 2.45) is 0 Å². The summed E-state index contributed by atoms with van der Waals surface area (Å²) >= 11 is 0. The van der Waals surface area contributed by atoms with Gasteiger partial charge < -0.3 is 14.8 Å². The third-order valence-electron chi connectivity index (χ3n) is 4.82. The van der Waals surface area contributed by atoms with Gasteiger partial charge in [0, 0.05) is 11.4 Å². The largest absolute Gasteiger partial charge is 0.465 e.